The Labute approximate surface area is 131 Å². The van der Waals surface area contributed by atoms with Gasteiger partial charge in [-0.3, -0.25) is 4.79 Å². The first-order chi connectivity index (χ1) is 9.69. The Morgan fingerprint density at radius 1 is 1.25 bits per heavy atom. The van der Waals surface area contributed by atoms with E-state index in [1.54, 1.807) is 11.3 Å². The Hall–Kier alpha value is -1.33. The van der Waals surface area contributed by atoms with E-state index in [4.69, 9.17) is 0 Å². The van der Waals surface area contributed by atoms with Crippen molar-refractivity contribution in [1.82, 2.24) is 5.32 Å². The summed E-state index contributed by atoms with van der Waals surface area (Å²) in [6.45, 7) is 3.40. The largest absolute Gasteiger partial charge is 0.380 e. The molecule has 1 amide bonds. The first-order valence-corrected chi connectivity index (χ1v) is 8.17. The molecule has 2 aromatic rings. The Kier molecular flexibility index (Phi) is 5.61. The van der Waals surface area contributed by atoms with Crippen LogP contribution < -0.4 is 10.6 Å². The van der Waals surface area contributed by atoms with E-state index in [0.717, 1.165) is 22.3 Å². The first-order valence-electron chi connectivity index (χ1n) is 6.50. The lowest BCUT2D eigenvalue weighted by Gasteiger charge is -2.07. The number of hydrogen-bond donors (Lipinski definition) is 2. The van der Waals surface area contributed by atoms with Crippen molar-refractivity contribution in [2.75, 3.05) is 11.9 Å². The highest BCUT2D eigenvalue weighted by molar-refractivity contribution is 9.10. The van der Waals surface area contributed by atoms with Crippen molar-refractivity contribution < 1.29 is 4.79 Å². The van der Waals surface area contributed by atoms with Crippen LogP contribution in [-0.4, -0.2) is 12.5 Å². The monoisotopic (exact) mass is 352 g/mol. The van der Waals surface area contributed by atoms with Gasteiger partial charge in [0.1, 0.15) is 0 Å². The van der Waals surface area contributed by atoms with E-state index in [1.807, 2.05) is 31.2 Å². The third-order valence-corrected chi connectivity index (χ3v) is 4.76. The second-order valence-electron chi connectivity index (χ2n) is 4.37. The molecule has 0 atom stereocenters. The van der Waals surface area contributed by atoms with Gasteiger partial charge < -0.3 is 10.6 Å². The van der Waals surface area contributed by atoms with Crippen molar-refractivity contribution in [1.29, 1.82) is 0 Å². The summed E-state index contributed by atoms with van der Waals surface area (Å²) in [6.07, 6.45) is 0.435. The molecule has 0 aliphatic rings. The van der Waals surface area contributed by atoms with Crippen LogP contribution in [0, 0.1) is 0 Å². The van der Waals surface area contributed by atoms with Crippen LogP contribution >= 0.6 is 27.3 Å². The second-order valence-corrected chi connectivity index (χ2v) is 6.23. The zero-order valence-electron chi connectivity index (χ0n) is 11.3. The summed E-state index contributed by atoms with van der Waals surface area (Å²) in [5.41, 5.74) is 2.09. The maximum atomic E-state index is 11.5. The molecule has 106 valence electrons. The van der Waals surface area contributed by atoms with Gasteiger partial charge in [0.25, 0.3) is 0 Å². The minimum atomic E-state index is 0.0655. The fourth-order valence-electron chi connectivity index (χ4n) is 1.82. The van der Waals surface area contributed by atoms with Crippen molar-refractivity contribution in [3.05, 3.63) is 50.6 Å². The molecule has 1 aromatic heterocycles. The van der Waals surface area contributed by atoms with Gasteiger partial charge in [-0.1, -0.05) is 12.1 Å². The highest BCUT2D eigenvalue weighted by Gasteiger charge is 2.03. The summed E-state index contributed by atoms with van der Waals surface area (Å²) in [7, 11) is 0. The van der Waals surface area contributed by atoms with E-state index in [9.17, 15) is 4.79 Å². The van der Waals surface area contributed by atoms with Crippen LogP contribution in [0.3, 0.4) is 0 Å². The fourth-order valence-corrected chi connectivity index (χ4v) is 3.25. The van der Waals surface area contributed by atoms with Crippen molar-refractivity contribution in [2.45, 2.75) is 19.9 Å². The third-order valence-electron chi connectivity index (χ3n) is 2.84. The number of thiophene rings is 1. The summed E-state index contributed by atoms with van der Waals surface area (Å²) in [5.74, 6) is 0.0655. The molecule has 1 aromatic carbocycles. The van der Waals surface area contributed by atoms with Crippen LogP contribution in [0.1, 0.15) is 17.4 Å². The zero-order chi connectivity index (χ0) is 14.4. The fraction of sp³-hybridized carbons (Fsp3) is 0.267. The topological polar surface area (TPSA) is 41.1 Å². The maximum Gasteiger partial charge on any atom is 0.224 e. The first kappa shape index (κ1) is 15.1. The zero-order valence-corrected chi connectivity index (χ0v) is 13.7. The average Bonchev–Trinajstić information content (AvgIpc) is 2.84. The van der Waals surface area contributed by atoms with E-state index >= 15 is 0 Å². The number of rotatable bonds is 6. The van der Waals surface area contributed by atoms with E-state index in [-0.39, 0.29) is 5.91 Å². The Morgan fingerprint density at radius 3 is 2.60 bits per heavy atom. The van der Waals surface area contributed by atoms with Crippen molar-refractivity contribution in [2.24, 2.45) is 0 Å². The minimum Gasteiger partial charge on any atom is -0.380 e. The molecule has 0 aliphatic carbocycles. The lowest BCUT2D eigenvalue weighted by molar-refractivity contribution is -0.120. The molecule has 2 rings (SSSR count). The molecule has 0 fully saturated rings. The van der Waals surface area contributed by atoms with Gasteiger partial charge in [0.05, 0.1) is 13.0 Å². The molecule has 0 unspecified atom stereocenters. The molecular weight excluding hydrogens is 336 g/mol. The minimum absolute atomic E-state index is 0.0655. The predicted molar refractivity (Wildman–Crippen MR) is 88.2 cm³/mol. The van der Waals surface area contributed by atoms with Crippen molar-refractivity contribution in [3.8, 4) is 0 Å². The molecule has 3 nitrogen and oxygen atoms in total. The van der Waals surface area contributed by atoms with E-state index < -0.39 is 0 Å². The molecule has 0 saturated heterocycles. The van der Waals surface area contributed by atoms with Gasteiger partial charge >= 0.3 is 0 Å². The van der Waals surface area contributed by atoms with Gasteiger partial charge in [0, 0.05) is 21.6 Å². The molecule has 20 heavy (non-hydrogen) atoms. The maximum absolute atomic E-state index is 11.5. The quantitative estimate of drug-likeness (QED) is 0.829. The van der Waals surface area contributed by atoms with Crippen LogP contribution in [0.25, 0.3) is 0 Å². The van der Waals surface area contributed by atoms with Crippen LogP contribution in [0.5, 0.6) is 0 Å². The van der Waals surface area contributed by atoms with E-state index in [1.165, 1.54) is 4.88 Å². The normalized spacial score (nSPS) is 10.3. The highest BCUT2D eigenvalue weighted by Crippen LogP contribution is 2.23. The summed E-state index contributed by atoms with van der Waals surface area (Å²) in [4.78, 5) is 12.8. The number of halogens is 1. The molecule has 2 N–H and O–H groups in total. The number of likely N-dealkylation sites (N-methyl/N-ethyl adjacent to an activating group) is 1. The number of anilines is 1. The van der Waals surface area contributed by atoms with Crippen LogP contribution in [0.4, 0.5) is 5.69 Å². The number of benzene rings is 1. The number of amides is 1. The summed E-state index contributed by atoms with van der Waals surface area (Å²) < 4.78 is 1.14. The Bertz CT molecular complexity index is 566. The second kappa shape index (κ2) is 7.45. The molecular formula is C15H17BrN2OS. The smallest absolute Gasteiger partial charge is 0.224 e. The van der Waals surface area contributed by atoms with Gasteiger partial charge in [-0.25, -0.2) is 0 Å². The van der Waals surface area contributed by atoms with Crippen molar-refractivity contribution >= 4 is 38.9 Å². The molecule has 5 heteroatoms. The van der Waals surface area contributed by atoms with Gasteiger partial charge in [-0.2, -0.15) is 0 Å². The van der Waals surface area contributed by atoms with E-state index in [0.29, 0.717) is 13.0 Å². The number of nitrogens with one attached hydrogen (secondary N) is 2. The molecule has 0 spiro atoms. The number of carbonyl (C=O) groups excluding carboxylic acids is 1. The number of hydrogen-bond acceptors (Lipinski definition) is 3. The van der Waals surface area contributed by atoms with Crippen LogP contribution in [0.2, 0.25) is 0 Å². The highest BCUT2D eigenvalue weighted by atomic mass is 79.9. The summed E-state index contributed by atoms with van der Waals surface area (Å²) in [6, 6.07) is 10.0. The van der Waals surface area contributed by atoms with E-state index in [2.05, 4.69) is 38.0 Å². The molecule has 0 bridgehead atoms. The van der Waals surface area contributed by atoms with Crippen LogP contribution in [0.15, 0.2) is 40.2 Å². The SMILES string of the molecule is CCNC(=O)Cc1ccc(NCc2sccc2Br)cc1. The molecule has 0 saturated carbocycles. The summed E-state index contributed by atoms with van der Waals surface area (Å²) >= 11 is 5.24. The standard InChI is InChI=1S/C15H17BrN2OS/c1-2-17-15(19)9-11-3-5-12(6-4-11)18-10-14-13(16)7-8-20-14/h3-8,18H,2,9-10H2,1H3,(H,17,19). The lowest BCUT2D eigenvalue weighted by Crippen LogP contribution is -2.24. The molecule has 0 radical (unpaired) electrons. The third kappa shape index (κ3) is 4.35. The van der Waals surface area contributed by atoms with Gasteiger partial charge in [-0.05, 0) is 52.0 Å². The summed E-state index contributed by atoms with van der Waals surface area (Å²) in [5, 5.41) is 8.24. The van der Waals surface area contributed by atoms with Gasteiger partial charge in [-0.15, -0.1) is 11.3 Å². The van der Waals surface area contributed by atoms with Gasteiger partial charge in [0.15, 0.2) is 0 Å². The Morgan fingerprint density at radius 2 is 2.00 bits per heavy atom. The Balaban J connectivity index is 1.88. The van der Waals surface area contributed by atoms with Crippen molar-refractivity contribution in [3.63, 3.8) is 0 Å². The average molecular weight is 353 g/mol. The molecule has 0 aliphatic heterocycles. The predicted octanol–water partition coefficient (Wildman–Crippen LogP) is 3.80. The lowest BCUT2D eigenvalue weighted by atomic mass is 10.1. The number of carbonyl (C=O) groups is 1. The van der Waals surface area contributed by atoms with Gasteiger partial charge in [0.2, 0.25) is 5.91 Å². The van der Waals surface area contributed by atoms with Crippen LogP contribution in [-0.2, 0) is 17.8 Å². The molecule has 1 heterocycles.